The van der Waals surface area contributed by atoms with E-state index in [2.05, 4.69) is 62.7 Å². The van der Waals surface area contributed by atoms with Gasteiger partial charge in [0.15, 0.2) is 5.96 Å². The molecule has 2 saturated heterocycles. The Morgan fingerprint density at radius 1 is 1.11 bits per heavy atom. The first kappa shape index (κ1) is 20.9. The largest absolute Gasteiger partial charge is 0.376 e. The molecule has 3 rings (SSSR count). The average molecular weight is 388 g/mol. The van der Waals surface area contributed by atoms with E-state index in [-0.39, 0.29) is 0 Å². The molecule has 2 N–H and O–H groups in total. The van der Waals surface area contributed by atoms with E-state index in [0.29, 0.717) is 6.10 Å². The third kappa shape index (κ3) is 6.99. The van der Waals surface area contributed by atoms with E-state index in [0.717, 1.165) is 64.8 Å². The predicted molar refractivity (Wildman–Crippen MR) is 117 cm³/mol. The van der Waals surface area contributed by atoms with Crippen LogP contribution >= 0.6 is 0 Å². The van der Waals surface area contributed by atoms with E-state index in [1.165, 1.54) is 31.5 Å². The third-order valence-electron chi connectivity index (χ3n) is 5.51. The first-order valence-corrected chi connectivity index (χ1v) is 11.0. The van der Waals surface area contributed by atoms with Gasteiger partial charge in [-0.25, -0.2) is 0 Å². The Labute approximate surface area is 170 Å². The summed E-state index contributed by atoms with van der Waals surface area (Å²) in [5.41, 5.74) is 1.35. The maximum absolute atomic E-state index is 5.66. The van der Waals surface area contributed by atoms with Gasteiger partial charge in [0.2, 0.25) is 0 Å². The molecule has 0 amide bonds. The minimum Gasteiger partial charge on any atom is -0.376 e. The van der Waals surface area contributed by atoms with Crippen molar-refractivity contribution in [3.8, 4) is 0 Å². The van der Waals surface area contributed by atoms with Crippen LogP contribution in [-0.4, -0.2) is 75.9 Å². The van der Waals surface area contributed by atoms with Crippen molar-refractivity contribution in [2.45, 2.75) is 38.7 Å². The second-order valence-electron chi connectivity index (χ2n) is 7.65. The lowest BCUT2D eigenvalue weighted by molar-refractivity contribution is 0.117. The smallest absolute Gasteiger partial charge is 0.191 e. The number of aliphatic imine (C=N–C) groups is 1. The normalized spacial score (nSPS) is 21.1. The summed E-state index contributed by atoms with van der Waals surface area (Å²) < 4.78 is 5.66. The van der Waals surface area contributed by atoms with Gasteiger partial charge >= 0.3 is 0 Å². The van der Waals surface area contributed by atoms with Crippen molar-refractivity contribution in [1.29, 1.82) is 0 Å². The molecule has 1 aromatic rings. The Hall–Kier alpha value is -1.79. The van der Waals surface area contributed by atoms with Gasteiger partial charge in [0.1, 0.15) is 0 Å². The summed E-state index contributed by atoms with van der Waals surface area (Å²) in [6, 6.07) is 10.8. The van der Waals surface area contributed by atoms with Gasteiger partial charge in [0.25, 0.3) is 0 Å². The van der Waals surface area contributed by atoms with Crippen molar-refractivity contribution >= 4 is 11.6 Å². The number of nitrogens with zero attached hydrogens (tertiary/aromatic N) is 3. The number of para-hydroxylation sites is 1. The van der Waals surface area contributed by atoms with E-state index < -0.39 is 0 Å². The van der Waals surface area contributed by atoms with Crippen molar-refractivity contribution < 1.29 is 4.74 Å². The Morgan fingerprint density at radius 2 is 1.93 bits per heavy atom. The average Bonchev–Trinajstić information content (AvgIpc) is 3.26. The summed E-state index contributed by atoms with van der Waals surface area (Å²) in [5, 5.41) is 6.80. The highest BCUT2D eigenvalue weighted by molar-refractivity contribution is 5.79. The van der Waals surface area contributed by atoms with Crippen molar-refractivity contribution in [2.75, 3.05) is 63.9 Å². The Balaban J connectivity index is 1.27. The number of nitrogens with one attached hydrogen (secondary N) is 2. The number of rotatable bonds is 9. The Morgan fingerprint density at radius 3 is 2.64 bits per heavy atom. The van der Waals surface area contributed by atoms with E-state index in [1.54, 1.807) is 0 Å². The Bertz CT molecular complexity index is 566. The SMILES string of the molecule is CCNC(=NCC1CCCO1)NCCCCN1CCN(c2ccccc2)CC1. The van der Waals surface area contributed by atoms with E-state index in [9.17, 15) is 0 Å². The van der Waals surface area contributed by atoms with Crippen LogP contribution in [0.25, 0.3) is 0 Å². The molecule has 0 aromatic heterocycles. The number of guanidine groups is 1. The van der Waals surface area contributed by atoms with Crippen molar-refractivity contribution in [1.82, 2.24) is 15.5 Å². The molecule has 0 saturated carbocycles. The van der Waals surface area contributed by atoms with Crippen molar-refractivity contribution in [3.63, 3.8) is 0 Å². The second-order valence-corrected chi connectivity index (χ2v) is 7.65. The third-order valence-corrected chi connectivity index (χ3v) is 5.51. The van der Waals surface area contributed by atoms with Crippen LogP contribution in [0.5, 0.6) is 0 Å². The number of anilines is 1. The van der Waals surface area contributed by atoms with Gasteiger partial charge < -0.3 is 20.3 Å². The highest BCUT2D eigenvalue weighted by atomic mass is 16.5. The number of benzene rings is 1. The minimum atomic E-state index is 0.310. The fourth-order valence-electron chi connectivity index (χ4n) is 3.86. The van der Waals surface area contributed by atoms with Gasteiger partial charge in [-0.05, 0) is 51.3 Å². The zero-order valence-corrected chi connectivity index (χ0v) is 17.4. The molecule has 1 atom stereocenters. The fraction of sp³-hybridized carbons (Fsp3) is 0.682. The molecule has 0 spiro atoms. The summed E-state index contributed by atoms with van der Waals surface area (Å²) in [6.07, 6.45) is 5.02. The van der Waals surface area contributed by atoms with E-state index in [1.807, 2.05) is 0 Å². The summed E-state index contributed by atoms with van der Waals surface area (Å²) >= 11 is 0. The quantitative estimate of drug-likeness (QED) is 0.387. The van der Waals surface area contributed by atoms with Crippen LogP contribution < -0.4 is 15.5 Å². The van der Waals surface area contributed by atoms with Crippen LogP contribution in [0.2, 0.25) is 0 Å². The topological polar surface area (TPSA) is 52.1 Å². The molecule has 0 radical (unpaired) electrons. The van der Waals surface area contributed by atoms with E-state index in [4.69, 9.17) is 4.74 Å². The maximum atomic E-state index is 5.66. The number of ether oxygens (including phenoxy) is 1. The molecular formula is C22H37N5O. The molecule has 1 unspecified atom stereocenters. The molecule has 1 aromatic carbocycles. The van der Waals surface area contributed by atoms with Gasteiger partial charge in [0, 0.05) is 51.6 Å². The van der Waals surface area contributed by atoms with Crippen molar-refractivity contribution in [3.05, 3.63) is 30.3 Å². The summed E-state index contributed by atoms with van der Waals surface area (Å²) in [4.78, 5) is 9.76. The predicted octanol–water partition coefficient (Wildman–Crippen LogP) is 2.32. The summed E-state index contributed by atoms with van der Waals surface area (Å²) in [5.74, 6) is 0.925. The molecule has 156 valence electrons. The number of unbranched alkanes of at least 4 members (excludes halogenated alkanes) is 1. The monoisotopic (exact) mass is 387 g/mol. The molecule has 2 heterocycles. The molecule has 2 aliphatic heterocycles. The minimum absolute atomic E-state index is 0.310. The highest BCUT2D eigenvalue weighted by Gasteiger charge is 2.17. The molecule has 6 heteroatoms. The number of hydrogen-bond acceptors (Lipinski definition) is 4. The standard InChI is InChI=1S/C22H37N5O/c1-2-23-22(25-19-21-11-8-18-28-21)24-12-6-7-13-26-14-16-27(17-15-26)20-9-4-3-5-10-20/h3-5,9-10,21H,2,6-8,11-19H2,1H3,(H2,23,24,25). The van der Waals surface area contributed by atoms with Gasteiger partial charge in [-0.15, -0.1) is 0 Å². The Kier molecular flexibility index (Phi) is 8.91. The zero-order chi connectivity index (χ0) is 19.4. The highest BCUT2D eigenvalue weighted by Crippen LogP contribution is 2.15. The second kappa shape index (κ2) is 11.9. The lowest BCUT2D eigenvalue weighted by Gasteiger charge is -2.36. The van der Waals surface area contributed by atoms with Crippen LogP contribution in [0, 0.1) is 0 Å². The van der Waals surface area contributed by atoms with Gasteiger partial charge in [0.05, 0.1) is 12.6 Å². The first-order valence-electron chi connectivity index (χ1n) is 11.0. The fourth-order valence-corrected chi connectivity index (χ4v) is 3.86. The van der Waals surface area contributed by atoms with Gasteiger partial charge in [-0.2, -0.15) is 0 Å². The van der Waals surface area contributed by atoms with Crippen LogP contribution in [0.1, 0.15) is 32.6 Å². The van der Waals surface area contributed by atoms with Gasteiger partial charge in [-0.1, -0.05) is 18.2 Å². The van der Waals surface area contributed by atoms with Crippen molar-refractivity contribution in [2.24, 2.45) is 4.99 Å². The first-order chi connectivity index (χ1) is 13.8. The molecule has 2 fully saturated rings. The van der Waals surface area contributed by atoms with Crippen LogP contribution in [0.15, 0.2) is 35.3 Å². The molecule has 0 aliphatic carbocycles. The summed E-state index contributed by atoms with van der Waals surface area (Å²) in [7, 11) is 0. The summed E-state index contributed by atoms with van der Waals surface area (Å²) in [6.45, 7) is 11.4. The number of hydrogen-bond donors (Lipinski definition) is 2. The van der Waals surface area contributed by atoms with Crippen LogP contribution in [-0.2, 0) is 4.74 Å². The van der Waals surface area contributed by atoms with E-state index >= 15 is 0 Å². The van der Waals surface area contributed by atoms with Gasteiger partial charge in [-0.3, -0.25) is 9.89 Å². The lowest BCUT2D eigenvalue weighted by atomic mass is 10.2. The zero-order valence-electron chi connectivity index (χ0n) is 17.4. The molecule has 2 aliphatic rings. The van der Waals surface area contributed by atoms with Crippen LogP contribution in [0.4, 0.5) is 5.69 Å². The molecule has 6 nitrogen and oxygen atoms in total. The lowest BCUT2D eigenvalue weighted by Crippen LogP contribution is -2.46. The maximum Gasteiger partial charge on any atom is 0.191 e. The number of piperazine rings is 1. The molecule has 0 bridgehead atoms. The molecular weight excluding hydrogens is 350 g/mol. The van der Waals surface area contributed by atoms with Crippen LogP contribution in [0.3, 0.4) is 0 Å². The molecule has 28 heavy (non-hydrogen) atoms.